The van der Waals surface area contributed by atoms with Gasteiger partial charge in [0.15, 0.2) is 0 Å². The third-order valence-electron chi connectivity index (χ3n) is 2.89. The number of ether oxygens (including phenoxy) is 1. The van der Waals surface area contributed by atoms with E-state index in [9.17, 15) is 9.18 Å². The van der Waals surface area contributed by atoms with Crippen LogP contribution in [0, 0.1) is 5.92 Å². The fraction of sp³-hybridized carbons (Fsp3) is 0.533. The monoisotopic (exact) mass is 282 g/mol. The van der Waals surface area contributed by atoms with Gasteiger partial charge in [0.05, 0.1) is 12.5 Å². The van der Waals surface area contributed by atoms with Gasteiger partial charge in [0, 0.05) is 8.07 Å². The Morgan fingerprint density at radius 1 is 1.26 bits per heavy atom. The van der Waals surface area contributed by atoms with Crippen molar-refractivity contribution in [2.75, 3.05) is 6.61 Å². The van der Waals surface area contributed by atoms with Gasteiger partial charge >= 0.3 is 5.97 Å². The summed E-state index contributed by atoms with van der Waals surface area (Å²) in [6, 6.07) is 9.47. The van der Waals surface area contributed by atoms with Gasteiger partial charge in [0.25, 0.3) is 0 Å². The molecule has 0 fully saturated rings. The number of esters is 1. The van der Waals surface area contributed by atoms with Crippen molar-refractivity contribution in [3.8, 4) is 0 Å². The summed E-state index contributed by atoms with van der Waals surface area (Å²) in [5.41, 5.74) is 0.554. The molecule has 1 aromatic carbocycles. The summed E-state index contributed by atoms with van der Waals surface area (Å²) in [4.78, 5) is 12.0. The maximum Gasteiger partial charge on any atom is 0.311 e. The van der Waals surface area contributed by atoms with Crippen molar-refractivity contribution in [1.82, 2.24) is 0 Å². The molecule has 0 amide bonds. The number of rotatable bonds is 6. The van der Waals surface area contributed by atoms with E-state index in [2.05, 4.69) is 19.6 Å². The van der Waals surface area contributed by atoms with E-state index < -0.39 is 26.1 Å². The average Bonchev–Trinajstić information content (AvgIpc) is 2.35. The Bertz CT molecular complexity index is 400. The predicted octanol–water partition coefficient (Wildman–Crippen LogP) is 4.21. The molecule has 0 saturated carbocycles. The first kappa shape index (κ1) is 15.9. The van der Waals surface area contributed by atoms with Crippen LogP contribution in [0.3, 0.4) is 0 Å². The molecule has 2 atom stereocenters. The van der Waals surface area contributed by atoms with Crippen LogP contribution in [0.4, 0.5) is 4.39 Å². The number of hydrogen-bond acceptors (Lipinski definition) is 2. The number of alkyl halides is 1. The number of carbonyl (C=O) groups is 1. The molecule has 0 radical (unpaired) electrons. The molecule has 1 rings (SSSR count). The van der Waals surface area contributed by atoms with Crippen molar-refractivity contribution in [3.05, 3.63) is 35.9 Å². The fourth-order valence-corrected chi connectivity index (χ4v) is 3.78. The van der Waals surface area contributed by atoms with Crippen LogP contribution in [0.15, 0.2) is 30.3 Å². The second-order valence-electron chi connectivity index (χ2n) is 5.94. The van der Waals surface area contributed by atoms with Crippen LogP contribution >= 0.6 is 0 Å². The molecule has 0 N–H and O–H groups in total. The normalized spacial score (nSPS) is 14.8. The molecule has 0 aliphatic carbocycles. The molecule has 0 saturated heterocycles. The van der Waals surface area contributed by atoms with E-state index in [0.29, 0.717) is 18.2 Å². The molecule has 0 bridgehead atoms. The van der Waals surface area contributed by atoms with Crippen molar-refractivity contribution in [1.29, 1.82) is 0 Å². The second kappa shape index (κ2) is 6.85. The number of hydrogen-bond donors (Lipinski definition) is 0. The number of carbonyl (C=O) groups excluding carboxylic acids is 1. The molecule has 0 unspecified atom stereocenters. The molecule has 0 aromatic heterocycles. The summed E-state index contributed by atoms with van der Waals surface area (Å²) in [7, 11) is -1.55. The first-order chi connectivity index (χ1) is 8.85. The lowest BCUT2D eigenvalue weighted by molar-refractivity contribution is -0.149. The van der Waals surface area contributed by atoms with Crippen molar-refractivity contribution in [3.63, 3.8) is 0 Å². The standard InChI is InChI=1S/C15H23FO2Si/c1-5-18-15(17)13(11-19(2,3)4)14(16)12-9-7-6-8-10-12/h6-10,13-14H,5,11H2,1-4H3/t13-,14+/m0/s1. The third kappa shape index (κ3) is 5.15. The SMILES string of the molecule is CCOC(=O)[C@@H](C[Si](C)(C)C)[C@H](F)c1ccccc1. The van der Waals surface area contributed by atoms with Gasteiger partial charge in [0.1, 0.15) is 6.17 Å². The van der Waals surface area contributed by atoms with E-state index in [0.717, 1.165) is 0 Å². The van der Waals surface area contributed by atoms with Crippen LogP contribution in [0.1, 0.15) is 18.7 Å². The zero-order chi connectivity index (χ0) is 14.5. The van der Waals surface area contributed by atoms with Gasteiger partial charge in [-0.1, -0.05) is 50.0 Å². The van der Waals surface area contributed by atoms with Gasteiger partial charge in [-0.3, -0.25) is 4.79 Å². The van der Waals surface area contributed by atoms with E-state index in [4.69, 9.17) is 4.74 Å². The van der Waals surface area contributed by atoms with Crippen LogP contribution < -0.4 is 0 Å². The maximum absolute atomic E-state index is 14.6. The van der Waals surface area contributed by atoms with Crippen LogP contribution in [0.2, 0.25) is 25.7 Å². The Hall–Kier alpha value is -1.16. The number of halogens is 1. The lowest BCUT2D eigenvalue weighted by Gasteiger charge is -2.25. The Balaban J connectivity index is 2.92. The Morgan fingerprint density at radius 2 is 1.84 bits per heavy atom. The summed E-state index contributed by atoms with van der Waals surface area (Å²) >= 11 is 0. The van der Waals surface area contributed by atoms with Crippen molar-refractivity contribution < 1.29 is 13.9 Å². The van der Waals surface area contributed by atoms with Gasteiger partial charge in [-0.2, -0.15) is 0 Å². The lowest BCUT2D eigenvalue weighted by Crippen LogP contribution is -2.32. The van der Waals surface area contributed by atoms with Crippen LogP contribution in [0.25, 0.3) is 0 Å². The largest absolute Gasteiger partial charge is 0.466 e. The van der Waals surface area contributed by atoms with Gasteiger partial charge < -0.3 is 4.74 Å². The van der Waals surface area contributed by atoms with Gasteiger partial charge in [0.2, 0.25) is 0 Å². The topological polar surface area (TPSA) is 26.3 Å². The minimum atomic E-state index is -1.55. The van der Waals surface area contributed by atoms with Crippen molar-refractivity contribution >= 4 is 14.0 Å². The highest BCUT2D eigenvalue weighted by Crippen LogP contribution is 2.33. The van der Waals surface area contributed by atoms with Gasteiger partial charge in [-0.05, 0) is 18.5 Å². The quantitative estimate of drug-likeness (QED) is 0.577. The Labute approximate surface area is 116 Å². The predicted molar refractivity (Wildman–Crippen MR) is 78.6 cm³/mol. The molecule has 0 aliphatic rings. The second-order valence-corrected chi connectivity index (χ2v) is 11.5. The van der Waals surface area contributed by atoms with Crippen molar-refractivity contribution in [2.45, 2.75) is 38.8 Å². The molecule has 4 heteroatoms. The summed E-state index contributed by atoms with van der Waals surface area (Å²) in [6.45, 7) is 8.45. The molecular weight excluding hydrogens is 259 g/mol. The fourth-order valence-electron chi connectivity index (χ4n) is 2.08. The molecule has 0 aliphatic heterocycles. The van der Waals surface area contributed by atoms with E-state index in [1.807, 2.05) is 6.07 Å². The van der Waals surface area contributed by atoms with Crippen molar-refractivity contribution in [2.24, 2.45) is 5.92 Å². The summed E-state index contributed by atoms with van der Waals surface area (Å²) in [5, 5.41) is 0. The van der Waals surface area contributed by atoms with Gasteiger partial charge in [-0.15, -0.1) is 0 Å². The zero-order valence-corrected chi connectivity index (χ0v) is 13.2. The van der Waals surface area contributed by atoms with Crippen LogP contribution in [-0.2, 0) is 9.53 Å². The first-order valence-corrected chi connectivity index (χ1v) is 10.4. The molecule has 19 heavy (non-hydrogen) atoms. The van der Waals surface area contributed by atoms with E-state index in [1.165, 1.54) is 0 Å². The molecule has 106 valence electrons. The maximum atomic E-state index is 14.6. The first-order valence-electron chi connectivity index (χ1n) is 6.71. The highest BCUT2D eigenvalue weighted by molar-refractivity contribution is 6.76. The molecule has 0 spiro atoms. The Morgan fingerprint density at radius 3 is 2.32 bits per heavy atom. The highest BCUT2D eigenvalue weighted by atomic mass is 28.3. The molecule has 1 aromatic rings. The Kier molecular flexibility index (Phi) is 5.73. The third-order valence-corrected chi connectivity index (χ3v) is 4.56. The summed E-state index contributed by atoms with van der Waals surface area (Å²) < 4.78 is 19.7. The van der Waals surface area contributed by atoms with E-state index in [1.54, 1.807) is 31.2 Å². The van der Waals surface area contributed by atoms with E-state index in [-0.39, 0.29) is 0 Å². The minimum absolute atomic E-state index is 0.294. The molecule has 0 heterocycles. The molecule has 2 nitrogen and oxygen atoms in total. The van der Waals surface area contributed by atoms with Crippen LogP contribution in [0.5, 0.6) is 0 Å². The minimum Gasteiger partial charge on any atom is -0.466 e. The zero-order valence-electron chi connectivity index (χ0n) is 12.2. The average molecular weight is 282 g/mol. The van der Waals surface area contributed by atoms with Crippen LogP contribution in [-0.4, -0.2) is 20.7 Å². The van der Waals surface area contributed by atoms with Gasteiger partial charge in [-0.25, -0.2) is 4.39 Å². The summed E-state index contributed by atoms with van der Waals surface area (Å²) in [6.07, 6.45) is -1.29. The molecular formula is C15H23FO2Si. The summed E-state index contributed by atoms with van der Waals surface area (Å²) in [5.74, 6) is -1.10. The van der Waals surface area contributed by atoms with E-state index >= 15 is 0 Å². The lowest BCUT2D eigenvalue weighted by atomic mass is 9.99. The highest BCUT2D eigenvalue weighted by Gasteiger charge is 2.34. The number of benzene rings is 1. The smallest absolute Gasteiger partial charge is 0.311 e.